The summed E-state index contributed by atoms with van der Waals surface area (Å²) in [5, 5.41) is 8.10. The molecule has 1 heterocycles. The van der Waals surface area contributed by atoms with Gasteiger partial charge in [-0.2, -0.15) is 5.10 Å². The molecular formula is C26H29Cl2N3OS. The Morgan fingerprint density at radius 1 is 1.06 bits per heavy atom. The summed E-state index contributed by atoms with van der Waals surface area (Å²) in [4.78, 5) is 5.55. The zero-order valence-electron chi connectivity index (χ0n) is 19.1. The first-order chi connectivity index (χ1) is 16.1. The minimum atomic E-state index is 0.516. The number of hydrogen-bond acceptors (Lipinski definition) is 4. The molecule has 33 heavy (non-hydrogen) atoms. The highest BCUT2D eigenvalue weighted by Gasteiger charge is 2.16. The minimum Gasteiger partial charge on any atom is -0.383 e. The number of nitrogens with zero attached hydrogens (tertiary/aromatic N) is 3. The molecule has 0 unspecified atom stereocenters. The van der Waals surface area contributed by atoms with Crippen molar-refractivity contribution in [1.29, 1.82) is 0 Å². The highest BCUT2D eigenvalue weighted by Crippen LogP contribution is 2.33. The maximum Gasteiger partial charge on any atom is 0.206 e. The molecule has 1 fully saturated rings. The molecule has 1 aliphatic rings. The molecule has 2 aromatic carbocycles. The van der Waals surface area contributed by atoms with Crippen LogP contribution in [0.4, 0.5) is 0 Å². The van der Waals surface area contributed by atoms with Crippen LogP contribution in [0.2, 0.25) is 10.0 Å². The lowest BCUT2D eigenvalue weighted by Gasteiger charge is -2.22. The Morgan fingerprint density at radius 2 is 1.82 bits per heavy atom. The fraction of sp³-hybridized carbons (Fsp3) is 0.385. The van der Waals surface area contributed by atoms with Gasteiger partial charge in [0.2, 0.25) is 4.80 Å². The first-order valence-electron chi connectivity index (χ1n) is 11.4. The monoisotopic (exact) mass is 501 g/mol. The third kappa shape index (κ3) is 5.96. The summed E-state index contributed by atoms with van der Waals surface area (Å²) in [5.41, 5.74) is 5.35. The zero-order valence-corrected chi connectivity index (χ0v) is 21.4. The molecule has 174 valence electrons. The Kier molecular flexibility index (Phi) is 8.42. The molecule has 3 aromatic rings. The lowest BCUT2D eigenvalue weighted by Crippen LogP contribution is -2.15. The van der Waals surface area contributed by atoms with Crippen molar-refractivity contribution in [3.05, 3.63) is 73.8 Å². The highest BCUT2D eigenvalue weighted by molar-refractivity contribution is 7.07. The van der Waals surface area contributed by atoms with E-state index in [0.717, 1.165) is 27.3 Å². The molecular weight excluding hydrogens is 473 g/mol. The van der Waals surface area contributed by atoms with Gasteiger partial charge in [0.15, 0.2) is 0 Å². The van der Waals surface area contributed by atoms with Gasteiger partial charge in [-0.15, -0.1) is 11.3 Å². The summed E-state index contributed by atoms with van der Waals surface area (Å²) in [6.45, 7) is 3.12. The topological polar surface area (TPSA) is 38.9 Å². The van der Waals surface area contributed by atoms with E-state index in [1.54, 1.807) is 24.5 Å². The lowest BCUT2D eigenvalue weighted by atomic mass is 9.84. The van der Waals surface area contributed by atoms with Gasteiger partial charge < -0.3 is 4.74 Å². The molecule has 0 N–H and O–H groups in total. The fourth-order valence-electron chi connectivity index (χ4n) is 4.23. The Bertz CT molecular complexity index is 1170. The van der Waals surface area contributed by atoms with E-state index >= 15 is 0 Å². The maximum absolute atomic E-state index is 6.24. The standard InChI is InChI=1S/C26H29Cl2N3OS/c1-18(22-12-13-23(27)24(28)16-22)30-31-25(17-33-26(31)29-14-15-32-2)21-10-8-20(9-11-21)19-6-4-3-5-7-19/h8-13,16-17,19H,3-7,14-15H2,1-2H3. The van der Waals surface area contributed by atoms with Crippen molar-refractivity contribution in [3.63, 3.8) is 0 Å². The van der Waals surface area contributed by atoms with E-state index in [1.807, 2.05) is 23.7 Å². The van der Waals surface area contributed by atoms with E-state index < -0.39 is 0 Å². The molecule has 0 aliphatic heterocycles. The molecule has 1 saturated carbocycles. The van der Waals surface area contributed by atoms with Gasteiger partial charge >= 0.3 is 0 Å². The van der Waals surface area contributed by atoms with Crippen LogP contribution in [-0.4, -0.2) is 30.6 Å². The molecule has 4 nitrogen and oxygen atoms in total. The SMILES string of the molecule is COCCN=c1scc(-c2ccc(C3CCCCC3)cc2)n1N=C(C)c1ccc(Cl)c(Cl)c1. The van der Waals surface area contributed by atoms with Crippen LogP contribution in [0, 0.1) is 0 Å². The summed E-state index contributed by atoms with van der Waals surface area (Å²) in [5.74, 6) is 0.692. The largest absolute Gasteiger partial charge is 0.383 e. The number of methoxy groups -OCH3 is 1. The van der Waals surface area contributed by atoms with Crippen LogP contribution < -0.4 is 4.80 Å². The average molecular weight is 503 g/mol. The summed E-state index contributed by atoms with van der Waals surface area (Å²) in [6.07, 6.45) is 6.65. The van der Waals surface area contributed by atoms with Gasteiger partial charge in [-0.1, -0.05) is 72.8 Å². The fourth-order valence-corrected chi connectivity index (χ4v) is 5.38. The van der Waals surface area contributed by atoms with E-state index in [9.17, 15) is 0 Å². The van der Waals surface area contributed by atoms with Crippen LogP contribution in [-0.2, 0) is 4.74 Å². The molecule has 1 aromatic heterocycles. The number of thiazole rings is 1. The molecule has 4 rings (SSSR count). The number of hydrogen-bond donors (Lipinski definition) is 0. The number of halogens is 2. The number of aromatic nitrogens is 1. The van der Waals surface area contributed by atoms with E-state index in [1.165, 1.54) is 37.7 Å². The van der Waals surface area contributed by atoms with Crippen LogP contribution >= 0.6 is 34.5 Å². The first-order valence-corrected chi connectivity index (χ1v) is 13.0. The van der Waals surface area contributed by atoms with E-state index in [-0.39, 0.29) is 0 Å². The predicted octanol–water partition coefficient (Wildman–Crippen LogP) is 7.39. The van der Waals surface area contributed by atoms with Crippen LogP contribution in [0.1, 0.15) is 56.1 Å². The second kappa shape index (κ2) is 11.5. The number of ether oxygens (including phenoxy) is 1. The van der Waals surface area contributed by atoms with Crippen molar-refractivity contribution in [1.82, 2.24) is 4.68 Å². The molecule has 0 radical (unpaired) electrons. The smallest absolute Gasteiger partial charge is 0.206 e. The molecule has 0 spiro atoms. The van der Waals surface area contributed by atoms with Crippen molar-refractivity contribution >= 4 is 40.3 Å². The lowest BCUT2D eigenvalue weighted by molar-refractivity contribution is 0.207. The normalized spacial score (nSPS) is 15.9. The zero-order chi connectivity index (χ0) is 23.2. The molecule has 0 atom stereocenters. The molecule has 1 aliphatic carbocycles. The Morgan fingerprint density at radius 3 is 2.52 bits per heavy atom. The quantitative estimate of drug-likeness (QED) is 0.245. The predicted molar refractivity (Wildman–Crippen MR) is 140 cm³/mol. The number of benzene rings is 2. The van der Waals surface area contributed by atoms with Crippen molar-refractivity contribution < 1.29 is 4.74 Å². The molecule has 7 heteroatoms. The van der Waals surface area contributed by atoms with Crippen LogP contribution in [0.5, 0.6) is 0 Å². The van der Waals surface area contributed by atoms with Gasteiger partial charge in [0.05, 0.1) is 34.6 Å². The summed E-state index contributed by atoms with van der Waals surface area (Å²) < 4.78 is 7.10. The first kappa shape index (κ1) is 24.2. The third-order valence-electron chi connectivity index (χ3n) is 6.10. The van der Waals surface area contributed by atoms with E-state index in [0.29, 0.717) is 29.1 Å². The van der Waals surface area contributed by atoms with Crippen LogP contribution in [0.25, 0.3) is 11.3 Å². The molecule has 0 bridgehead atoms. The third-order valence-corrected chi connectivity index (χ3v) is 7.69. The molecule has 0 saturated heterocycles. The van der Waals surface area contributed by atoms with Gasteiger partial charge in [0.1, 0.15) is 0 Å². The van der Waals surface area contributed by atoms with Gasteiger partial charge in [0.25, 0.3) is 0 Å². The summed E-state index contributed by atoms with van der Waals surface area (Å²) >= 11 is 13.9. The number of rotatable bonds is 7. The van der Waals surface area contributed by atoms with Crippen LogP contribution in [0.15, 0.2) is 57.9 Å². The average Bonchev–Trinajstić information content (AvgIpc) is 3.24. The second-order valence-corrected chi connectivity index (χ2v) is 10.0. The van der Waals surface area contributed by atoms with Crippen molar-refractivity contribution in [2.45, 2.75) is 44.9 Å². The van der Waals surface area contributed by atoms with Crippen molar-refractivity contribution in [2.24, 2.45) is 10.1 Å². The van der Waals surface area contributed by atoms with Gasteiger partial charge in [-0.25, -0.2) is 4.68 Å². The van der Waals surface area contributed by atoms with Crippen molar-refractivity contribution in [2.75, 3.05) is 20.3 Å². The van der Waals surface area contributed by atoms with E-state index in [4.69, 9.17) is 38.0 Å². The van der Waals surface area contributed by atoms with Gasteiger partial charge in [-0.3, -0.25) is 4.99 Å². The second-order valence-electron chi connectivity index (χ2n) is 8.36. The van der Waals surface area contributed by atoms with Crippen molar-refractivity contribution in [3.8, 4) is 11.3 Å². The minimum absolute atomic E-state index is 0.516. The highest BCUT2D eigenvalue weighted by atomic mass is 35.5. The summed E-state index contributed by atoms with van der Waals surface area (Å²) in [7, 11) is 1.68. The van der Waals surface area contributed by atoms with Crippen LogP contribution in [0.3, 0.4) is 0 Å². The maximum atomic E-state index is 6.24. The van der Waals surface area contributed by atoms with E-state index in [2.05, 4.69) is 29.6 Å². The molecule has 0 amide bonds. The summed E-state index contributed by atoms with van der Waals surface area (Å²) in [6, 6.07) is 14.6. The van der Waals surface area contributed by atoms with Gasteiger partial charge in [-0.05, 0) is 48.9 Å². The van der Waals surface area contributed by atoms with Gasteiger partial charge in [0, 0.05) is 18.1 Å². The Hall–Kier alpha value is -1.92. The Labute approximate surface area is 209 Å². The Balaban J connectivity index is 1.71.